The number of nitrogens with zero attached hydrogens (tertiary/aromatic N) is 4. The molecule has 0 saturated carbocycles. The first-order valence-electron chi connectivity index (χ1n) is 14.3. The van der Waals surface area contributed by atoms with Gasteiger partial charge in [0.25, 0.3) is 0 Å². The van der Waals surface area contributed by atoms with E-state index < -0.39 is 11.9 Å². The molecule has 1 atom stereocenters. The van der Waals surface area contributed by atoms with Crippen molar-refractivity contribution in [2.45, 2.75) is 5.92 Å². The van der Waals surface area contributed by atoms with Gasteiger partial charge in [-0.05, 0) is 72.8 Å². The molecule has 2 aliphatic heterocycles. The van der Waals surface area contributed by atoms with Crippen LogP contribution in [0.4, 0.5) is 17.1 Å². The number of piperazine rings is 1. The normalized spacial score (nSPS) is 17.5. The van der Waals surface area contributed by atoms with Gasteiger partial charge in [0.05, 0.1) is 30.6 Å². The van der Waals surface area contributed by atoms with Gasteiger partial charge >= 0.3 is 5.97 Å². The summed E-state index contributed by atoms with van der Waals surface area (Å²) in [6.45, 7) is 4.05. The fraction of sp³-hybridized carbons (Fsp3) is 0.273. The molecule has 2 aliphatic rings. The summed E-state index contributed by atoms with van der Waals surface area (Å²) in [6, 6.07) is 20.4. The van der Waals surface area contributed by atoms with Gasteiger partial charge in [0.1, 0.15) is 5.92 Å². The van der Waals surface area contributed by atoms with E-state index in [0.717, 1.165) is 53.9 Å². The fourth-order valence-electron chi connectivity index (χ4n) is 5.62. The maximum absolute atomic E-state index is 13.4. The predicted molar refractivity (Wildman–Crippen MR) is 167 cm³/mol. The lowest BCUT2D eigenvalue weighted by Gasteiger charge is -2.32. The Hall–Kier alpha value is -4.80. The summed E-state index contributed by atoms with van der Waals surface area (Å²) in [6.07, 6.45) is 1.87. The van der Waals surface area contributed by atoms with Crippen LogP contribution in [0.25, 0.3) is 10.9 Å². The average Bonchev–Trinajstić information content (AvgIpc) is 3.63. The lowest BCUT2D eigenvalue weighted by atomic mass is 9.89. The van der Waals surface area contributed by atoms with Crippen molar-refractivity contribution in [3.63, 3.8) is 0 Å². The van der Waals surface area contributed by atoms with Crippen molar-refractivity contribution in [3.05, 3.63) is 89.6 Å². The van der Waals surface area contributed by atoms with Crippen molar-refractivity contribution < 1.29 is 19.1 Å². The number of carbonyl (C=O) groups excluding carboxylic acids is 3. The number of carbonyl (C=O) groups is 3. The van der Waals surface area contributed by atoms with Crippen LogP contribution in [0.5, 0.6) is 0 Å². The minimum atomic E-state index is -0.689. The first-order chi connectivity index (χ1) is 20.8. The topological polar surface area (TPSA) is 110 Å². The number of aromatic amines is 1. The molecule has 0 radical (unpaired) electrons. The number of benzene rings is 3. The number of anilines is 2. The molecule has 0 aliphatic carbocycles. The highest BCUT2D eigenvalue weighted by Crippen LogP contribution is 2.37. The number of esters is 1. The van der Waals surface area contributed by atoms with Crippen molar-refractivity contribution in [1.82, 2.24) is 14.8 Å². The van der Waals surface area contributed by atoms with Crippen molar-refractivity contribution in [3.8, 4) is 0 Å². The van der Waals surface area contributed by atoms with Crippen molar-refractivity contribution in [1.29, 1.82) is 0 Å². The molecule has 1 aromatic heterocycles. The van der Waals surface area contributed by atoms with Crippen molar-refractivity contribution >= 4 is 51.5 Å². The lowest BCUT2D eigenvalue weighted by molar-refractivity contribution is -0.120. The van der Waals surface area contributed by atoms with Crippen LogP contribution in [0.15, 0.2) is 77.9 Å². The maximum atomic E-state index is 13.4. The first-order valence-corrected chi connectivity index (χ1v) is 14.3. The number of H-pyrrole nitrogens is 1. The third kappa shape index (κ3) is 5.79. The smallest absolute Gasteiger partial charge is 0.337 e. The molecule has 2 N–H and O–H groups in total. The van der Waals surface area contributed by atoms with Gasteiger partial charge in [0.2, 0.25) is 11.8 Å². The van der Waals surface area contributed by atoms with E-state index in [4.69, 9.17) is 9.73 Å². The highest BCUT2D eigenvalue weighted by molar-refractivity contribution is 6.24. The number of hydrogen-bond donors (Lipinski definition) is 2. The van der Waals surface area contributed by atoms with E-state index in [1.54, 1.807) is 30.1 Å². The summed E-state index contributed by atoms with van der Waals surface area (Å²) >= 11 is 0. The van der Waals surface area contributed by atoms with E-state index >= 15 is 0 Å². The molecule has 10 heteroatoms. The maximum Gasteiger partial charge on any atom is 0.337 e. The zero-order valence-corrected chi connectivity index (χ0v) is 24.5. The summed E-state index contributed by atoms with van der Waals surface area (Å²) in [5, 5.41) is 3.92. The Bertz CT molecular complexity index is 1720. The standard InChI is InChI=1S/C33H34N6O4/c1-37-14-16-39(17-15-37)20-29(40)38(2)25-8-6-24(7-9-25)35-31(22-5-11-27-21(18-22)12-13-34-27)30-26-10-4-23(33(42)43-3)19-28(26)36-32(30)41/h4-13,18-19,30,34H,14-17,20H2,1-3H3,(H,36,41). The molecule has 3 aromatic carbocycles. The number of methoxy groups -OCH3 is 1. The summed E-state index contributed by atoms with van der Waals surface area (Å²) in [5.41, 5.74) is 5.44. The van der Waals surface area contributed by atoms with E-state index in [1.165, 1.54) is 7.11 Å². The van der Waals surface area contributed by atoms with Crippen LogP contribution in [0.3, 0.4) is 0 Å². The van der Waals surface area contributed by atoms with Crippen LogP contribution in [0.2, 0.25) is 0 Å². The van der Waals surface area contributed by atoms with E-state index in [2.05, 4.69) is 27.1 Å². The Morgan fingerprint density at radius 3 is 2.47 bits per heavy atom. The third-order valence-corrected chi connectivity index (χ3v) is 8.24. The molecule has 1 fully saturated rings. The number of hydrogen-bond acceptors (Lipinski definition) is 7. The predicted octanol–water partition coefficient (Wildman–Crippen LogP) is 4.02. The van der Waals surface area contributed by atoms with Gasteiger partial charge in [-0.2, -0.15) is 0 Å². The number of likely N-dealkylation sites (N-methyl/N-ethyl adjacent to an activating group) is 2. The molecule has 1 saturated heterocycles. The Morgan fingerprint density at radius 2 is 1.72 bits per heavy atom. The molecule has 2 amide bonds. The number of nitrogens with one attached hydrogen (secondary N) is 2. The largest absolute Gasteiger partial charge is 0.465 e. The average molecular weight is 579 g/mol. The molecule has 4 aromatic rings. The van der Waals surface area contributed by atoms with E-state index in [-0.39, 0.29) is 11.8 Å². The number of aromatic nitrogens is 1. The summed E-state index contributed by atoms with van der Waals surface area (Å²) < 4.78 is 4.85. The van der Waals surface area contributed by atoms with Gasteiger partial charge in [-0.25, -0.2) is 4.79 Å². The Labute approximate surface area is 249 Å². The monoisotopic (exact) mass is 578 g/mol. The van der Waals surface area contributed by atoms with Gasteiger partial charge < -0.3 is 24.8 Å². The molecule has 220 valence electrons. The number of fused-ring (bicyclic) bond motifs is 2. The molecule has 0 bridgehead atoms. The molecule has 43 heavy (non-hydrogen) atoms. The van der Waals surface area contributed by atoms with Crippen LogP contribution in [-0.4, -0.2) is 92.2 Å². The third-order valence-electron chi connectivity index (χ3n) is 8.24. The number of amides is 2. The number of aliphatic imine (C=N–C) groups is 1. The van der Waals surface area contributed by atoms with Crippen LogP contribution < -0.4 is 10.2 Å². The number of rotatable bonds is 7. The van der Waals surface area contributed by atoms with E-state index in [9.17, 15) is 14.4 Å². The SMILES string of the molecule is COC(=O)c1ccc2c(c1)NC(=O)C2C(=Nc1ccc(N(C)C(=O)CN2CCN(C)CC2)cc1)c1ccc2[nH]ccc2c1. The second-order valence-electron chi connectivity index (χ2n) is 11.0. The van der Waals surface area contributed by atoms with E-state index in [1.807, 2.05) is 54.7 Å². The van der Waals surface area contributed by atoms with Gasteiger partial charge in [-0.1, -0.05) is 12.1 Å². The molecule has 1 unspecified atom stereocenters. The summed E-state index contributed by atoms with van der Waals surface area (Å²) in [4.78, 5) is 52.9. The Balaban J connectivity index is 1.31. The number of ether oxygens (including phenoxy) is 1. The minimum absolute atomic E-state index is 0.0341. The quantitative estimate of drug-likeness (QED) is 0.253. The van der Waals surface area contributed by atoms with Crippen LogP contribution in [0.1, 0.15) is 27.4 Å². The highest BCUT2D eigenvalue weighted by Gasteiger charge is 2.36. The molecule has 0 spiro atoms. The minimum Gasteiger partial charge on any atom is -0.465 e. The van der Waals surface area contributed by atoms with Gasteiger partial charge in [-0.15, -0.1) is 0 Å². The first kappa shape index (κ1) is 28.3. The van der Waals surface area contributed by atoms with Crippen LogP contribution >= 0.6 is 0 Å². The van der Waals surface area contributed by atoms with E-state index in [0.29, 0.717) is 29.2 Å². The fourth-order valence-corrected chi connectivity index (χ4v) is 5.62. The van der Waals surface area contributed by atoms with Gasteiger partial charge in [0, 0.05) is 61.7 Å². The molecule has 3 heterocycles. The lowest BCUT2D eigenvalue weighted by Crippen LogP contribution is -2.48. The van der Waals surface area contributed by atoms with Crippen molar-refractivity contribution in [2.75, 3.05) is 64.1 Å². The van der Waals surface area contributed by atoms with Crippen LogP contribution in [0, 0.1) is 0 Å². The molecule has 10 nitrogen and oxygen atoms in total. The molecular formula is C33H34N6O4. The van der Waals surface area contributed by atoms with Crippen LogP contribution in [-0.2, 0) is 14.3 Å². The second-order valence-corrected chi connectivity index (χ2v) is 11.0. The zero-order chi connectivity index (χ0) is 30.1. The highest BCUT2D eigenvalue weighted by atomic mass is 16.5. The molecular weight excluding hydrogens is 544 g/mol. The zero-order valence-electron chi connectivity index (χ0n) is 24.5. The van der Waals surface area contributed by atoms with Gasteiger partial charge in [0.15, 0.2) is 0 Å². The Kier molecular flexibility index (Phi) is 7.79. The molecule has 6 rings (SSSR count). The second kappa shape index (κ2) is 11.8. The summed E-state index contributed by atoms with van der Waals surface area (Å²) in [5.74, 6) is -1.35. The van der Waals surface area contributed by atoms with Crippen molar-refractivity contribution in [2.24, 2.45) is 4.99 Å². The van der Waals surface area contributed by atoms with Gasteiger partial charge in [-0.3, -0.25) is 19.5 Å². The summed E-state index contributed by atoms with van der Waals surface area (Å²) in [7, 11) is 5.21. The Morgan fingerprint density at radius 1 is 0.977 bits per heavy atom.